The van der Waals surface area contributed by atoms with Crippen molar-refractivity contribution in [3.8, 4) is 0 Å². The molecular weight excluding hydrogens is 350 g/mol. The lowest BCUT2D eigenvalue weighted by atomic mass is 9.87. The molecule has 2 fully saturated rings. The van der Waals surface area contributed by atoms with Crippen LogP contribution >= 0.6 is 0 Å². The Bertz CT molecular complexity index is 849. The summed E-state index contributed by atoms with van der Waals surface area (Å²) >= 11 is 0. The molecule has 148 valence electrons. The maximum absolute atomic E-state index is 12.6. The predicted octanol–water partition coefficient (Wildman–Crippen LogP) is 2.90. The maximum atomic E-state index is 12.6. The quantitative estimate of drug-likeness (QED) is 0.865. The molecule has 2 aromatic heterocycles. The molecular formula is C22H29N5O. The first-order chi connectivity index (χ1) is 13.4. The molecule has 1 N–H and O–H groups in total. The minimum absolute atomic E-state index is 0.0118. The fourth-order valence-corrected chi connectivity index (χ4v) is 4.51. The minimum Gasteiger partial charge on any atom is -0.356 e. The van der Waals surface area contributed by atoms with Crippen molar-refractivity contribution >= 4 is 11.7 Å². The van der Waals surface area contributed by atoms with E-state index >= 15 is 0 Å². The van der Waals surface area contributed by atoms with Gasteiger partial charge in [0.25, 0.3) is 0 Å². The molecule has 0 bridgehead atoms. The van der Waals surface area contributed by atoms with Gasteiger partial charge in [-0.15, -0.1) is 0 Å². The van der Waals surface area contributed by atoms with E-state index in [1.165, 1.54) is 0 Å². The molecule has 1 amide bonds. The Kier molecular flexibility index (Phi) is 5.04. The molecule has 28 heavy (non-hydrogen) atoms. The van der Waals surface area contributed by atoms with Crippen molar-refractivity contribution in [1.82, 2.24) is 20.3 Å². The molecule has 2 aliphatic rings. The lowest BCUT2D eigenvalue weighted by Gasteiger charge is -2.37. The van der Waals surface area contributed by atoms with Crippen LogP contribution in [0.3, 0.4) is 0 Å². The molecule has 3 heterocycles. The Morgan fingerprint density at radius 2 is 1.89 bits per heavy atom. The highest BCUT2D eigenvalue weighted by Crippen LogP contribution is 2.47. The number of pyridine rings is 1. The van der Waals surface area contributed by atoms with Crippen LogP contribution in [-0.4, -0.2) is 39.5 Å². The zero-order valence-corrected chi connectivity index (χ0v) is 17.0. The van der Waals surface area contributed by atoms with Crippen molar-refractivity contribution in [2.75, 3.05) is 18.0 Å². The third-order valence-electron chi connectivity index (χ3n) is 6.03. The topological polar surface area (TPSA) is 71.0 Å². The second-order valence-corrected chi connectivity index (χ2v) is 8.43. The number of hydrogen-bond donors (Lipinski definition) is 1. The number of aryl methyl sites for hydroxylation is 3. The van der Waals surface area contributed by atoms with Crippen molar-refractivity contribution < 1.29 is 4.79 Å². The van der Waals surface area contributed by atoms with Crippen molar-refractivity contribution in [3.63, 3.8) is 0 Å². The summed E-state index contributed by atoms with van der Waals surface area (Å²) < 4.78 is 0. The number of aromatic nitrogens is 3. The van der Waals surface area contributed by atoms with Gasteiger partial charge < -0.3 is 10.2 Å². The first-order valence-corrected chi connectivity index (χ1v) is 10.2. The summed E-state index contributed by atoms with van der Waals surface area (Å²) in [6, 6.07) is 4.11. The molecule has 0 unspecified atom stereocenters. The number of amides is 1. The predicted molar refractivity (Wildman–Crippen MR) is 109 cm³/mol. The number of rotatable bonds is 5. The van der Waals surface area contributed by atoms with Crippen LogP contribution in [-0.2, 0) is 11.2 Å². The molecule has 0 aromatic carbocycles. The molecule has 2 aromatic rings. The summed E-state index contributed by atoms with van der Waals surface area (Å²) in [5.41, 5.74) is 3.10. The van der Waals surface area contributed by atoms with Crippen LogP contribution < -0.4 is 10.2 Å². The number of carbonyl (C=O) groups excluding carboxylic acids is 1. The van der Waals surface area contributed by atoms with Crippen molar-refractivity contribution in [2.24, 2.45) is 5.92 Å². The summed E-state index contributed by atoms with van der Waals surface area (Å²) in [6.45, 7) is 7.94. The SMILES string of the molecule is Cc1cncc(CC(=O)NC2(C3CCN(c4cc(C)nc(C)n4)CC3)CC2)c1. The smallest absolute Gasteiger partial charge is 0.224 e. The van der Waals surface area contributed by atoms with Gasteiger partial charge in [-0.1, -0.05) is 6.07 Å². The van der Waals surface area contributed by atoms with E-state index in [1.807, 2.05) is 33.0 Å². The molecule has 0 atom stereocenters. The van der Waals surface area contributed by atoms with Gasteiger partial charge in [0.15, 0.2) is 0 Å². The molecule has 1 saturated carbocycles. The molecule has 1 aliphatic carbocycles. The van der Waals surface area contributed by atoms with E-state index in [2.05, 4.69) is 31.2 Å². The minimum atomic E-state index is 0.0118. The number of nitrogens with one attached hydrogen (secondary N) is 1. The average molecular weight is 380 g/mol. The van der Waals surface area contributed by atoms with Crippen LogP contribution in [0.15, 0.2) is 24.5 Å². The fraction of sp³-hybridized carbons (Fsp3) is 0.545. The number of carbonyl (C=O) groups is 1. The highest BCUT2D eigenvalue weighted by atomic mass is 16.1. The van der Waals surface area contributed by atoms with Gasteiger partial charge in [-0.05, 0) is 63.5 Å². The molecule has 6 heteroatoms. The van der Waals surface area contributed by atoms with Gasteiger partial charge in [0.2, 0.25) is 5.91 Å². The van der Waals surface area contributed by atoms with E-state index in [0.717, 1.165) is 67.2 Å². The number of nitrogens with zero attached hydrogens (tertiary/aromatic N) is 4. The first-order valence-electron chi connectivity index (χ1n) is 10.2. The molecule has 0 radical (unpaired) electrons. The van der Waals surface area contributed by atoms with E-state index in [9.17, 15) is 4.79 Å². The van der Waals surface area contributed by atoms with Crippen LogP contribution in [0, 0.1) is 26.7 Å². The lowest BCUT2D eigenvalue weighted by Crippen LogP contribution is -2.48. The summed E-state index contributed by atoms with van der Waals surface area (Å²) in [7, 11) is 0. The third kappa shape index (κ3) is 4.16. The zero-order chi connectivity index (χ0) is 19.7. The Hall–Kier alpha value is -2.50. The highest BCUT2D eigenvalue weighted by Gasteiger charge is 2.50. The third-order valence-corrected chi connectivity index (χ3v) is 6.03. The maximum Gasteiger partial charge on any atom is 0.224 e. The van der Waals surface area contributed by atoms with E-state index in [0.29, 0.717) is 12.3 Å². The van der Waals surface area contributed by atoms with E-state index in [-0.39, 0.29) is 11.4 Å². The molecule has 6 nitrogen and oxygen atoms in total. The van der Waals surface area contributed by atoms with Gasteiger partial charge in [0, 0.05) is 42.8 Å². The second kappa shape index (κ2) is 7.49. The van der Waals surface area contributed by atoms with Crippen LogP contribution in [0.4, 0.5) is 5.82 Å². The van der Waals surface area contributed by atoms with E-state index < -0.39 is 0 Å². The van der Waals surface area contributed by atoms with Gasteiger partial charge in [-0.2, -0.15) is 0 Å². The van der Waals surface area contributed by atoms with Crippen LogP contribution in [0.1, 0.15) is 48.3 Å². The summed E-state index contributed by atoms with van der Waals surface area (Å²) in [5, 5.41) is 3.37. The Labute approximate surface area is 166 Å². The normalized spacial score (nSPS) is 18.8. The van der Waals surface area contributed by atoms with Gasteiger partial charge in [-0.25, -0.2) is 9.97 Å². The fourth-order valence-electron chi connectivity index (χ4n) is 4.51. The Morgan fingerprint density at radius 1 is 1.14 bits per heavy atom. The van der Waals surface area contributed by atoms with Crippen molar-refractivity contribution in [3.05, 3.63) is 47.2 Å². The first kappa shape index (κ1) is 18.8. The molecule has 1 aliphatic heterocycles. The van der Waals surface area contributed by atoms with Gasteiger partial charge in [-0.3, -0.25) is 9.78 Å². The Morgan fingerprint density at radius 3 is 2.54 bits per heavy atom. The van der Waals surface area contributed by atoms with E-state index in [4.69, 9.17) is 0 Å². The zero-order valence-electron chi connectivity index (χ0n) is 17.0. The molecule has 1 saturated heterocycles. The van der Waals surface area contributed by atoms with Crippen LogP contribution in [0.25, 0.3) is 0 Å². The highest BCUT2D eigenvalue weighted by molar-refractivity contribution is 5.79. The average Bonchev–Trinajstić information content (AvgIpc) is 3.41. The van der Waals surface area contributed by atoms with Gasteiger partial charge >= 0.3 is 0 Å². The summed E-state index contributed by atoms with van der Waals surface area (Å²) in [6.07, 6.45) is 8.40. The molecule has 0 spiro atoms. The summed E-state index contributed by atoms with van der Waals surface area (Å²) in [4.78, 5) is 28.1. The largest absolute Gasteiger partial charge is 0.356 e. The monoisotopic (exact) mass is 379 g/mol. The van der Waals surface area contributed by atoms with Crippen LogP contribution in [0.2, 0.25) is 0 Å². The molecule has 4 rings (SSSR count). The Balaban J connectivity index is 1.34. The standard InChI is InChI=1S/C22H29N5O/c1-15-10-18(14-23-13-15)12-21(28)26-22(6-7-22)19-4-8-27(9-5-19)20-11-16(2)24-17(3)25-20/h10-11,13-14,19H,4-9,12H2,1-3H3,(H,26,28). The number of hydrogen-bond acceptors (Lipinski definition) is 5. The second-order valence-electron chi connectivity index (χ2n) is 8.43. The van der Waals surface area contributed by atoms with Crippen molar-refractivity contribution in [1.29, 1.82) is 0 Å². The van der Waals surface area contributed by atoms with E-state index in [1.54, 1.807) is 6.20 Å². The van der Waals surface area contributed by atoms with Gasteiger partial charge in [0.1, 0.15) is 11.6 Å². The lowest BCUT2D eigenvalue weighted by molar-refractivity contribution is -0.121. The van der Waals surface area contributed by atoms with Crippen LogP contribution in [0.5, 0.6) is 0 Å². The van der Waals surface area contributed by atoms with Gasteiger partial charge in [0.05, 0.1) is 6.42 Å². The van der Waals surface area contributed by atoms with Crippen molar-refractivity contribution in [2.45, 2.75) is 58.4 Å². The number of piperidine rings is 1. The number of anilines is 1. The summed E-state index contributed by atoms with van der Waals surface area (Å²) in [5.74, 6) is 2.53.